The van der Waals surface area contributed by atoms with Crippen LogP contribution in [-0.2, 0) is 13.1 Å². The number of likely N-dealkylation sites (tertiary alicyclic amines) is 1. The van der Waals surface area contributed by atoms with Crippen molar-refractivity contribution in [3.05, 3.63) is 48.2 Å². The Morgan fingerprint density at radius 1 is 1.17 bits per heavy atom. The molecule has 0 bridgehead atoms. The fourth-order valence-corrected chi connectivity index (χ4v) is 3.33. The quantitative estimate of drug-likeness (QED) is 0.905. The van der Waals surface area contributed by atoms with Crippen molar-refractivity contribution in [2.45, 2.75) is 38.4 Å². The van der Waals surface area contributed by atoms with Crippen molar-refractivity contribution in [2.24, 2.45) is 0 Å². The Balaban J connectivity index is 1.53. The second kappa shape index (κ2) is 8.17. The van der Waals surface area contributed by atoms with E-state index in [1.54, 1.807) is 12.3 Å². The smallest absolute Gasteiger partial charge is 0.144 e. The van der Waals surface area contributed by atoms with E-state index in [1.807, 2.05) is 12.4 Å². The highest BCUT2D eigenvalue weighted by atomic mass is 15.2. The van der Waals surface area contributed by atoms with Crippen LogP contribution < -0.4 is 5.73 Å². The number of hydrogen-bond acceptors (Lipinski definition) is 6. The molecule has 0 spiro atoms. The molecule has 128 valence electrons. The van der Waals surface area contributed by atoms with Gasteiger partial charge in [0.15, 0.2) is 0 Å². The van der Waals surface area contributed by atoms with E-state index >= 15 is 0 Å². The minimum Gasteiger partial charge on any atom is -0.384 e. The molecule has 1 fully saturated rings. The first-order valence-corrected chi connectivity index (χ1v) is 8.59. The van der Waals surface area contributed by atoms with Crippen LogP contribution in [0.5, 0.6) is 0 Å². The summed E-state index contributed by atoms with van der Waals surface area (Å²) in [5, 5.41) is 0. The van der Waals surface area contributed by atoms with Gasteiger partial charge in [-0.05, 0) is 63.2 Å². The van der Waals surface area contributed by atoms with E-state index in [4.69, 9.17) is 5.73 Å². The zero-order valence-corrected chi connectivity index (χ0v) is 14.3. The van der Waals surface area contributed by atoms with Gasteiger partial charge in [-0.1, -0.05) is 0 Å². The molecular weight excluding hydrogens is 300 g/mol. The van der Waals surface area contributed by atoms with Crippen LogP contribution in [0.25, 0.3) is 0 Å². The number of aromatic nitrogens is 3. The molecule has 2 aromatic rings. The van der Waals surface area contributed by atoms with Gasteiger partial charge < -0.3 is 5.73 Å². The predicted molar refractivity (Wildman–Crippen MR) is 95.1 cm³/mol. The van der Waals surface area contributed by atoms with Crippen molar-refractivity contribution in [1.82, 2.24) is 24.8 Å². The molecule has 6 heteroatoms. The van der Waals surface area contributed by atoms with Crippen molar-refractivity contribution in [3.8, 4) is 0 Å². The molecule has 0 unspecified atom stereocenters. The summed E-state index contributed by atoms with van der Waals surface area (Å²) in [6, 6.07) is 6.50. The third-order valence-corrected chi connectivity index (χ3v) is 4.69. The van der Waals surface area contributed by atoms with E-state index in [0.717, 1.165) is 32.0 Å². The molecule has 0 amide bonds. The lowest BCUT2D eigenvalue weighted by Crippen LogP contribution is -2.33. The molecule has 1 atom stereocenters. The molecule has 1 saturated heterocycles. The number of nitrogen functional groups attached to an aromatic ring is 1. The molecule has 24 heavy (non-hydrogen) atoms. The highest BCUT2D eigenvalue weighted by Crippen LogP contribution is 2.18. The molecule has 1 aliphatic heterocycles. The maximum absolute atomic E-state index is 5.75. The summed E-state index contributed by atoms with van der Waals surface area (Å²) < 4.78 is 0. The zero-order chi connectivity index (χ0) is 16.8. The van der Waals surface area contributed by atoms with Crippen molar-refractivity contribution in [1.29, 1.82) is 0 Å². The number of nitrogens with two attached hydrogens (primary N) is 1. The first-order chi connectivity index (χ1) is 11.7. The van der Waals surface area contributed by atoms with Crippen LogP contribution in [0.2, 0.25) is 0 Å². The van der Waals surface area contributed by atoms with Crippen LogP contribution in [-0.4, -0.2) is 50.9 Å². The molecule has 0 radical (unpaired) electrons. The Kier molecular flexibility index (Phi) is 5.72. The summed E-state index contributed by atoms with van der Waals surface area (Å²) in [7, 11) is 2.16. The monoisotopic (exact) mass is 326 g/mol. The first kappa shape index (κ1) is 16.8. The second-order valence-corrected chi connectivity index (χ2v) is 6.53. The Morgan fingerprint density at radius 3 is 2.79 bits per heavy atom. The maximum Gasteiger partial charge on any atom is 0.144 e. The van der Waals surface area contributed by atoms with Crippen molar-refractivity contribution in [2.75, 3.05) is 25.9 Å². The Morgan fingerprint density at radius 2 is 2.00 bits per heavy atom. The minimum atomic E-state index is 0.540. The van der Waals surface area contributed by atoms with E-state index in [0.29, 0.717) is 11.9 Å². The number of anilines is 1. The predicted octanol–water partition coefficient (Wildman–Crippen LogP) is 1.94. The topological polar surface area (TPSA) is 71.2 Å². The summed E-state index contributed by atoms with van der Waals surface area (Å²) >= 11 is 0. The molecule has 0 aromatic carbocycles. The van der Waals surface area contributed by atoms with E-state index < -0.39 is 0 Å². The Bertz CT molecular complexity index is 632. The van der Waals surface area contributed by atoms with Crippen LogP contribution in [0.15, 0.2) is 36.8 Å². The summed E-state index contributed by atoms with van der Waals surface area (Å²) in [4.78, 5) is 17.6. The van der Waals surface area contributed by atoms with E-state index in [-0.39, 0.29) is 0 Å². The lowest BCUT2D eigenvalue weighted by molar-refractivity contribution is 0.202. The molecule has 3 rings (SSSR count). The molecule has 6 nitrogen and oxygen atoms in total. The van der Waals surface area contributed by atoms with Crippen molar-refractivity contribution >= 4 is 5.82 Å². The highest BCUT2D eigenvalue weighted by Gasteiger charge is 2.21. The second-order valence-electron chi connectivity index (χ2n) is 6.53. The summed E-state index contributed by atoms with van der Waals surface area (Å²) in [5.41, 5.74) is 7.09. The lowest BCUT2D eigenvalue weighted by atomic mass is 10.1. The molecule has 0 saturated carbocycles. The molecule has 3 heterocycles. The average Bonchev–Trinajstić information content (AvgIpc) is 2.81. The van der Waals surface area contributed by atoms with Gasteiger partial charge in [0.05, 0.1) is 6.54 Å². The third kappa shape index (κ3) is 4.72. The molecular formula is C18H26N6. The van der Waals surface area contributed by atoms with Gasteiger partial charge in [0.25, 0.3) is 0 Å². The van der Waals surface area contributed by atoms with Crippen molar-refractivity contribution in [3.63, 3.8) is 0 Å². The van der Waals surface area contributed by atoms with Gasteiger partial charge in [0, 0.05) is 31.2 Å². The summed E-state index contributed by atoms with van der Waals surface area (Å²) in [6.45, 7) is 4.04. The fourth-order valence-electron chi connectivity index (χ4n) is 3.33. The van der Waals surface area contributed by atoms with Crippen molar-refractivity contribution < 1.29 is 0 Å². The number of hydrogen-bond donors (Lipinski definition) is 1. The van der Waals surface area contributed by atoms with Gasteiger partial charge in [-0.25, -0.2) is 9.97 Å². The van der Waals surface area contributed by atoms with Crippen LogP contribution >= 0.6 is 0 Å². The molecule has 0 aliphatic carbocycles. The Hall–Kier alpha value is -2.05. The summed E-state index contributed by atoms with van der Waals surface area (Å²) in [5.74, 6) is 1.34. The maximum atomic E-state index is 5.75. The Labute approximate surface area is 143 Å². The zero-order valence-electron chi connectivity index (χ0n) is 14.3. The van der Waals surface area contributed by atoms with Crippen LogP contribution in [0, 0.1) is 0 Å². The third-order valence-electron chi connectivity index (χ3n) is 4.69. The number of nitrogens with zero attached hydrogens (tertiary/aromatic N) is 5. The lowest BCUT2D eigenvalue weighted by Gasteiger charge is -2.26. The molecule has 2 aromatic heterocycles. The first-order valence-electron chi connectivity index (χ1n) is 8.59. The van der Waals surface area contributed by atoms with Gasteiger partial charge in [-0.3, -0.25) is 14.8 Å². The normalized spacial score (nSPS) is 19.3. The van der Waals surface area contributed by atoms with E-state index in [2.05, 4.69) is 43.9 Å². The largest absolute Gasteiger partial charge is 0.384 e. The molecule has 1 aliphatic rings. The van der Waals surface area contributed by atoms with Gasteiger partial charge >= 0.3 is 0 Å². The minimum absolute atomic E-state index is 0.540. The van der Waals surface area contributed by atoms with Gasteiger partial charge in [0.2, 0.25) is 0 Å². The van der Waals surface area contributed by atoms with Crippen LogP contribution in [0.3, 0.4) is 0 Å². The highest BCUT2D eigenvalue weighted by molar-refractivity contribution is 5.24. The van der Waals surface area contributed by atoms with Gasteiger partial charge in [0.1, 0.15) is 11.6 Å². The fraction of sp³-hybridized carbons (Fsp3) is 0.500. The number of pyridine rings is 1. The van der Waals surface area contributed by atoms with Gasteiger partial charge in [-0.15, -0.1) is 0 Å². The standard InChI is InChI=1S/C18H26N6/c1-23(14-18-21-10-6-17(19)22-18)16-3-2-11-24(12-7-16)13-15-4-8-20-9-5-15/h4-6,8-10,16H,2-3,7,11-14H2,1H3,(H2,19,21,22)/t16-/m1/s1. The van der Waals surface area contributed by atoms with E-state index in [9.17, 15) is 0 Å². The van der Waals surface area contributed by atoms with Gasteiger partial charge in [-0.2, -0.15) is 0 Å². The van der Waals surface area contributed by atoms with Crippen LogP contribution in [0.4, 0.5) is 5.82 Å². The molecule has 2 N–H and O–H groups in total. The number of rotatable bonds is 5. The SMILES string of the molecule is CN(Cc1nccc(N)n1)[C@@H]1CCCN(Cc2ccncc2)CC1. The average molecular weight is 326 g/mol. The summed E-state index contributed by atoms with van der Waals surface area (Å²) in [6.07, 6.45) is 9.08. The van der Waals surface area contributed by atoms with E-state index in [1.165, 1.54) is 24.8 Å². The van der Waals surface area contributed by atoms with Crippen LogP contribution in [0.1, 0.15) is 30.7 Å².